The van der Waals surface area contributed by atoms with Crippen LogP contribution in [0.25, 0.3) is 0 Å². The minimum Gasteiger partial charge on any atom is -0.341 e. The van der Waals surface area contributed by atoms with Gasteiger partial charge in [0, 0.05) is 38.3 Å². The number of carbonyl (C=O) groups excluding carboxylic acids is 1. The molecule has 1 aromatic rings. The number of carbonyl (C=O) groups is 1. The predicted molar refractivity (Wildman–Crippen MR) is 59.1 cm³/mol. The van der Waals surface area contributed by atoms with Crippen LogP contribution in [0.15, 0.2) is 12.4 Å². The monoisotopic (exact) mass is 209 g/mol. The highest BCUT2D eigenvalue weighted by molar-refractivity contribution is 5.78. The van der Waals surface area contributed by atoms with Gasteiger partial charge in [-0.3, -0.25) is 9.48 Å². The molecule has 0 aliphatic heterocycles. The van der Waals surface area contributed by atoms with Gasteiger partial charge >= 0.3 is 0 Å². The van der Waals surface area contributed by atoms with E-state index >= 15 is 0 Å². The largest absolute Gasteiger partial charge is 0.341 e. The lowest BCUT2D eigenvalue weighted by atomic mass is 10.1. The molecule has 0 fully saturated rings. The zero-order valence-electron chi connectivity index (χ0n) is 9.90. The van der Waals surface area contributed by atoms with Crippen molar-refractivity contribution in [3.8, 4) is 0 Å². The number of aromatic nitrogens is 2. The van der Waals surface area contributed by atoms with E-state index in [1.165, 1.54) is 0 Å². The third-order valence-electron chi connectivity index (χ3n) is 2.59. The summed E-state index contributed by atoms with van der Waals surface area (Å²) in [5.41, 5.74) is 1.07. The van der Waals surface area contributed by atoms with Crippen LogP contribution in [0.2, 0.25) is 0 Å². The van der Waals surface area contributed by atoms with Crippen molar-refractivity contribution in [2.45, 2.75) is 26.8 Å². The van der Waals surface area contributed by atoms with Gasteiger partial charge in [-0.25, -0.2) is 0 Å². The zero-order chi connectivity index (χ0) is 11.4. The SMILES string of the molecule is CC[C@@H](C)C(=O)N(C)Cc1cnn(C)c1. The summed E-state index contributed by atoms with van der Waals surface area (Å²) in [5, 5.41) is 4.07. The van der Waals surface area contributed by atoms with Gasteiger partial charge in [-0.05, 0) is 6.42 Å². The summed E-state index contributed by atoms with van der Waals surface area (Å²) >= 11 is 0. The Hall–Kier alpha value is -1.32. The molecular weight excluding hydrogens is 190 g/mol. The Kier molecular flexibility index (Phi) is 3.88. The van der Waals surface area contributed by atoms with E-state index in [4.69, 9.17) is 0 Å². The van der Waals surface area contributed by atoms with Gasteiger partial charge in [-0.1, -0.05) is 13.8 Å². The highest BCUT2D eigenvalue weighted by Crippen LogP contribution is 2.08. The molecule has 15 heavy (non-hydrogen) atoms. The number of hydrogen-bond acceptors (Lipinski definition) is 2. The van der Waals surface area contributed by atoms with Crippen LogP contribution in [0.5, 0.6) is 0 Å². The summed E-state index contributed by atoms with van der Waals surface area (Å²) in [7, 11) is 3.71. The van der Waals surface area contributed by atoms with E-state index in [9.17, 15) is 4.79 Å². The Morgan fingerprint density at radius 3 is 2.80 bits per heavy atom. The summed E-state index contributed by atoms with van der Waals surface area (Å²) in [5.74, 6) is 0.299. The number of hydrogen-bond donors (Lipinski definition) is 0. The van der Waals surface area contributed by atoms with Crippen molar-refractivity contribution in [2.24, 2.45) is 13.0 Å². The molecule has 0 N–H and O–H groups in total. The zero-order valence-corrected chi connectivity index (χ0v) is 9.90. The van der Waals surface area contributed by atoms with Crippen molar-refractivity contribution in [3.63, 3.8) is 0 Å². The molecule has 1 atom stereocenters. The van der Waals surface area contributed by atoms with Crippen molar-refractivity contribution in [1.82, 2.24) is 14.7 Å². The van der Waals surface area contributed by atoms with Crippen molar-refractivity contribution < 1.29 is 4.79 Å². The van der Waals surface area contributed by atoms with E-state index in [0.29, 0.717) is 6.54 Å². The van der Waals surface area contributed by atoms with Crippen LogP contribution in [-0.4, -0.2) is 27.6 Å². The Morgan fingerprint density at radius 1 is 1.67 bits per heavy atom. The summed E-state index contributed by atoms with van der Waals surface area (Å²) < 4.78 is 1.75. The van der Waals surface area contributed by atoms with Gasteiger partial charge in [0.25, 0.3) is 0 Å². The molecule has 84 valence electrons. The number of amides is 1. The molecule has 1 heterocycles. The predicted octanol–water partition coefficient (Wildman–Crippen LogP) is 1.42. The lowest BCUT2D eigenvalue weighted by molar-refractivity contribution is -0.134. The van der Waals surface area contributed by atoms with Gasteiger partial charge in [-0.2, -0.15) is 5.10 Å². The summed E-state index contributed by atoms with van der Waals surface area (Å²) in [6.45, 7) is 4.62. The highest BCUT2D eigenvalue weighted by Gasteiger charge is 2.15. The Balaban J connectivity index is 2.55. The average molecular weight is 209 g/mol. The third-order valence-corrected chi connectivity index (χ3v) is 2.59. The van der Waals surface area contributed by atoms with Crippen LogP contribution in [0.4, 0.5) is 0 Å². The minimum atomic E-state index is 0.103. The summed E-state index contributed by atoms with van der Waals surface area (Å²) in [6, 6.07) is 0. The fourth-order valence-corrected chi connectivity index (χ4v) is 1.46. The first kappa shape index (κ1) is 11.8. The molecule has 0 aromatic carbocycles. The van der Waals surface area contributed by atoms with Gasteiger partial charge < -0.3 is 4.90 Å². The molecule has 0 unspecified atom stereocenters. The molecule has 0 bridgehead atoms. The third kappa shape index (κ3) is 3.08. The average Bonchev–Trinajstić information content (AvgIpc) is 2.61. The van der Waals surface area contributed by atoms with Crippen molar-refractivity contribution >= 4 is 5.91 Å². The van der Waals surface area contributed by atoms with E-state index in [0.717, 1.165) is 12.0 Å². The molecule has 0 aliphatic carbocycles. The first-order valence-electron chi connectivity index (χ1n) is 5.27. The molecule has 1 amide bonds. The molecule has 0 saturated heterocycles. The maximum Gasteiger partial charge on any atom is 0.225 e. The maximum absolute atomic E-state index is 11.8. The molecule has 0 spiro atoms. The molecule has 0 saturated carbocycles. The van der Waals surface area contributed by atoms with E-state index in [-0.39, 0.29) is 11.8 Å². The lowest BCUT2D eigenvalue weighted by Gasteiger charge is -2.19. The topological polar surface area (TPSA) is 38.1 Å². The van der Waals surface area contributed by atoms with Crippen molar-refractivity contribution in [1.29, 1.82) is 0 Å². The molecule has 0 radical (unpaired) electrons. The van der Waals surface area contributed by atoms with Crippen LogP contribution >= 0.6 is 0 Å². The normalized spacial score (nSPS) is 12.5. The summed E-state index contributed by atoms with van der Waals surface area (Å²) in [6.07, 6.45) is 4.61. The quantitative estimate of drug-likeness (QED) is 0.752. The number of nitrogens with zero attached hydrogens (tertiary/aromatic N) is 3. The summed E-state index contributed by atoms with van der Waals surface area (Å²) in [4.78, 5) is 13.5. The van der Waals surface area contributed by atoms with Gasteiger partial charge in [0.2, 0.25) is 5.91 Å². The van der Waals surface area contributed by atoms with Crippen LogP contribution in [0, 0.1) is 5.92 Å². The number of aryl methyl sites for hydroxylation is 1. The van der Waals surface area contributed by atoms with E-state index in [1.807, 2.05) is 34.1 Å². The molecule has 4 nitrogen and oxygen atoms in total. The van der Waals surface area contributed by atoms with E-state index < -0.39 is 0 Å². The smallest absolute Gasteiger partial charge is 0.225 e. The molecular formula is C11H19N3O. The van der Waals surface area contributed by atoms with E-state index in [2.05, 4.69) is 5.10 Å². The Morgan fingerprint density at radius 2 is 2.33 bits per heavy atom. The fraction of sp³-hybridized carbons (Fsp3) is 0.636. The van der Waals surface area contributed by atoms with Crippen molar-refractivity contribution in [3.05, 3.63) is 18.0 Å². The minimum absolute atomic E-state index is 0.103. The van der Waals surface area contributed by atoms with Gasteiger partial charge in [-0.15, -0.1) is 0 Å². The first-order valence-corrected chi connectivity index (χ1v) is 5.27. The van der Waals surface area contributed by atoms with E-state index in [1.54, 1.807) is 15.8 Å². The second-order valence-corrected chi connectivity index (χ2v) is 4.03. The van der Waals surface area contributed by atoms with Gasteiger partial charge in [0.1, 0.15) is 0 Å². The molecule has 0 aliphatic rings. The molecule has 1 aromatic heterocycles. The molecule has 4 heteroatoms. The van der Waals surface area contributed by atoms with Crippen LogP contribution in [0.3, 0.4) is 0 Å². The Bertz CT molecular complexity index is 332. The second kappa shape index (κ2) is 4.96. The second-order valence-electron chi connectivity index (χ2n) is 4.03. The van der Waals surface area contributed by atoms with Crippen LogP contribution in [-0.2, 0) is 18.4 Å². The highest BCUT2D eigenvalue weighted by atomic mass is 16.2. The fourth-order valence-electron chi connectivity index (χ4n) is 1.46. The first-order chi connectivity index (χ1) is 7.04. The maximum atomic E-state index is 11.8. The Labute approximate surface area is 90.9 Å². The standard InChI is InChI=1S/C11H19N3O/c1-5-9(2)11(15)13(3)7-10-6-12-14(4)8-10/h6,8-9H,5,7H2,1-4H3/t9-/m1/s1. The number of rotatable bonds is 4. The van der Waals surface area contributed by atoms with Crippen LogP contribution < -0.4 is 0 Å². The molecule has 1 rings (SSSR count). The van der Waals surface area contributed by atoms with Crippen LogP contribution in [0.1, 0.15) is 25.8 Å². The van der Waals surface area contributed by atoms with Crippen molar-refractivity contribution in [2.75, 3.05) is 7.05 Å². The lowest BCUT2D eigenvalue weighted by Crippen LogP contribution is -2.30. The van der Waals surface area contributed by atoms with Gasteiger partial charge in [0.05, 0.1) is 6.20 Å². The van der Waals surface area contributed by atoms with Gasteiger partial charge in [0.15, 0.2) is 0 Å².